The monoisotopic (exact) mass is 307 g/mol. The first-order valence-corrected chi connectivity index (χ1v) is 7.44. The average Bonchev–Trinajstić information content (AvgIpc) is 2.86. The molecule has 0 spiro atoms. The summed E-state index contributed by atoms with van der Waals surface area (Å²) in [6.45, 7) is 1.49. The molecule has 1 heterocycles. The number of rotatable bonds is 3. The van der Waals surface area contributed by atoms with Gasteiger partial charge in [0.15, 0.2) is 0 Å². The van der Waals surface area contributed by atoms with Crippen LogP contribution in [0.2, 0.25) is 5.02 Å². The lowest BCUT2D eigenvalue weighted by Crippen LogP contribution is -2.22. The summed E-state index contributed by atoms with van der Waals surface area (Å²) in [7, 11) is 0. The van der Waals surface area contributed by atoms with Crippen LogP contribution in [0.25, 0.3) is 0 Å². The molecule has 1 saturated heterocycles. The van der Waals surface area contributed by atoms with Crippen molar-refractivity contribution in [2.45, 2.75) is 25.4 Å². The van der Waals surface area contributed by atoms with Gasteiger partial charge in [-0.25, -0.2) is 8.78 Å². The zero-order valence-corrected chi connectivity index (χ0v) is 12.3. The van der Waals surface area contributed by atoms with Crippen LogP contribution < -0.4 is 0 Å². The van der Waals surface area contributed by atoms with Crippen LogP contribution in [-0.2, 0) is 6.54 Å². The molecule has 3 rings (SSSR count). The van der Waals surface area contributed by atoms with E-state index in [1.807, 2.05) is 24.3 Å². The van der Waals surface area contributed by atoms with Crippen LogP contribution in [0.15, 0.2) is 42.5 Å². The Labute approximate surface area is 128 Å². The van der Waals surface area contributed by atoms with Crippen molar-refractivity contribution in [2.24, 2.45) is 0 Å². The van der Waals surface area contributed by atoms with Crippen LogP contribution in [0.4, 0.5) is 8.78 Å². The normalized spacial score (nSPS) is 19.1. The Morgan fingerprint density at radius 2 is 1.71 bits per heavy atom. The van der Waals surface area contributed by atoms with Crippen molar-refractivity contribution in [1.82, 2.24) is 4.90 Å². The van der Waals surface area contributed by atoms with Crippen LogP contribution in [0.3, 0.4) is 0 Å². The minimum atomic E-state index is -0.521. The number of hydrogen-bond donors (Lipinski definition) is 0. The fourth-order valence-electron chi connectivity index (χ4n) is 3.01. The van der Waals surface area contributed by atoms with Gasteiger partial charge >= 0.3 is 0 Å². The first-order chi connectivity index (χ1) is 10.1. The lowest BCUT2D eigenvalue weighted by atomic mass is 10.0. The molecule has 1 aliphatic rings. The Morgan fingerprint density at radius 1 is 1.05 bits per heavy atom. The molecule has 0 aromatic heterocycles. The lowest BCUT2D eigenvalue weighted by Gasteiger charge is -2.25. The Hall–Kier alpha value is -1.45. The van der Waals surface area contributed by atoms with Crippen LogP contribution in [0.5, 0.6) is 0 Å². The van der Waals surface area contributed by atoms with E-state index in [9.17, 15) is 8.78 Å². The van der Waals surface area contributed by atoms with Gasteiger partial charge in [-0.3, -0.25) is 4.90 Å². The third kappa shape index (κ3) is 3.42. The summed E-state index contributed by atoms with van der Waals surface area (Å²) in [5.74, 6) is -1.04. The maximum atomic E-state index is 13.3. The molecule has 1 nitrogen and oxygen atoms in total. The van der Waals surface area contributed by atoms with E-state index in [0.29, 0.717) is 12.1 Å². The maximum absolute atomic E-state index is 13.3. The summed E-state index contributed by atoms with van der Waals surface area (Å²) in [4.78, 5) is 2.26. The topological polar surface area (TPSA) is 3.24 Å². The zero-order valence-electron chi connectivity index (χ0n) is 11.5. The SMILES string of the molecule is Fc1cc(F)cc(CN2CCC[C@@H]2c2ccc(Cl)cc2)c1. The van der Waals surface area contributed by atoms with Crippen LogP contribution in [0.1, 0.15) is 30.0 Å². The number of halogens is 3. The highest BCUT2D eigenvalue weighted by atomic mass is 35.5. The second-order valence-electron chi connectivity index (χ2n) is 5.46. The van der Waals surface area contributed by atoms with E-state index in [1.165, 1.54) is 17.7 Å². The molecule has 0 amide bonds. The van der Waals surface area contributed by atoms with Gasteiger partial charge in [0.1, 0.15) is 11.6 Å². The van der Waals surface area contributed by atoms with Crippen LogP contribution in [-0.4, -0.2) is 11.4 Å². The summed E-state index contributed by atoms with van der Waals surface area (Å²) in [6.07, 6.45) is 2.14. The third-order valence-electron chi connectivity index (χ3n) is 3.93. The van der Waals surface area contributed by atoms with Gasteiger partial charge in [-0.1, -0.05) is 23.7 Å². The van der Waals surface area contributed by atoms with Gasteiger partial charge in [0, 0.05) is 23.7 Å². The van der Waals surface area contributed by atoms with E-state index in [2.05, 4.69) is 4.90 Å². The molecule has 0 bridgehead atoms. The van der Waals surface area contributed by atoms with Crippen LogP contribution >= 0.6 is 11.6 Å². The van der Waals surface area contributed by atoms with E-state index in [-0.39, 0.29) is 6.04 Å². The van der Waals surface area contributed by atoms with Gasteiger partial charge in [-0.05, 0) is 54.8 Å². The summed E-state index contributed by atoms with van der Waals surface area (Å²) >= 11 is 5.92. The van der Waals surface area contributed by atoms with E-state index >= 15 is 0 Å². The summed E-state index contributed by atoms with van der Waals surface area (Å²) < 4.78 is 26.6. The van der Waals surface area contributed by atoms with Crippen molar-refractivity contribution in [1.29, 1.82) is 0 Å². The van der Waals surface area contributed by atoms with Gasteiger partial charge in [0.2, 0.25) is 0 Å². The third-order valence-corrected chi connectivity index (χ3v) is 4.18. The minimum Gasteiger partial charge on any atom is -0.292 e. The van der Waals surface area contributed by atoms with Gasteiger partial charge in [-0.2, -0.15) is 0 Å². The van der Waals surface area contributed by atoms with E-state index in [4.69, 9.17) is 11.6 Å². The lowest BCUT2D eigenvalue weighted by molar-refractivity contribution is 0.248. The Morgan fingerprint density at radius 3 is 2.38 bits per heavy atom. The molecular formula is C17H16ClF2N. The molecule has 0 unspecified atom stereocenters. The van der Waals surface area contributed by atoms with Gasteiger partial charge in [0.25, 0.3) is 0 Å². The predicted octanol–water partition coefficient (Wildman–Crippen LogP) is 4.96. The van der Waals surface area contributed by atoms with Crippen molar-refractivity contribution in [3.63, 3.8) is 0 Å². The molecule has 0 saturated carbocycles. The molecule has 0 N–H and O–H groups in total. The molecule has 21 heavy (non-hydrogen) atoms. The molecule has 0 radical (unpaired) electrons. The highest BCUT2D eigenvalue weighted by molar-refractivity contribution is 6.30. The highest BCUT2D eigenvalue weighted by Gasteiger charge is 2.26. The largest absolute Gasteiger partial charge is 0.292 e. The standard InChI is InChI=1S/C17H16ClF2N/c18-14-5-3-13(4-6-14)17-2-1-7-21(17)11-12-8-15(19)10-16(20)9-12/h3-6,8-10,17H,1-2,7,11H2/t17-/m1/s1. The van der Waals surface area contributed by atoms with Gasteiger partial charge in [0.05, 0.1) is 0 Å². The molecular weight excluding hydrogens is 292 g/mol. The summed E-state index contributed by atoms with van der Waals surface area (Å²) in [5.41, 5.74) is 1.88. The number of hydrogen-bond acceptors (Lipinski definition) is 1. The number of nitrogens with zero attached hydrogens (tertiary/aromatic N) is 1. The smallest absolute Gasteiger partial charge is 0.126 e. The first-order valence-electron chi connectivity index (χ1n) is 7.06. The van der Waals surface area contributed by atoms with E-state index in [0.717, 1.165) is 30.5 Å². The average molecular weight is 308 g/mol. The van der Waals surface area contributed by atoms with Crippen molar-refractivity contribution in [2.75, 3.05) is 6.54 Å². The first kappa shape index (κ1) is 14.5. The highest BCUT2D eigenvalue weighted by Crippen LogP contribution is 2.33. The fraction of sp³-hybridized carbons (Fsp3) is 0.294. The molecule has 1 aliphatic heterocycles. The summed E-state index contributed by atoms with van der Waals surface area (Å²) in [6, 6.07) is 11.8. The summed E-state index contributed by atoms with van der Waals surface area (Å²) in [5, 5.41) is 0.718. The molecule has 0 aliphatic carbocycles. The van der Waals surface area contributed by atoms with Crippen LogP contribution in [0, 0.1) is 11.6 Å². The minimum absolute atomic E-state index is 0.286. The van der Waals surface area contributed by atoms with E-state index < -0.39 is 11.6 Å². The van der Waals surface area contributed by atoms with Gasteiger partial charge in [-0.15, -0.1) is 0 Å². The second-order valence-corrected chi connectivity index (χ2v) is 5.89. The quantitative estimate of drug-likeness (QED) is 0.775. The number of likely N-dealkylation sites (tertiary alicyclic amines) is 1. The Bertz CT molecular complexity index is 607. The fourth-order valence-corrected chi connectivity index (χ4v) is 3.14. The predicted molar refractivity (Wildman–Crippen MR) is 80.2 cm³/mol. The maximum Gasteiger partial charge on any atom is 0.126 e. The van der Waals surface area contributed by atoms with Crippen molar-refractivity contribution < 1.29 is 8.78 Å². The zero-order chi connectivity index (χ0) is 14.8. The van der Waals surface area contributed by atoms with Crippen molar-refractivity contribution >= 4 is 11.6 Å². The molecule has 2 aromatic rings. The van der Waals surface area contributed by atoms with Crippen molar-refractivity contribution in [3.05, 3.63) is 70.2 Å². The molecule has 2 aromatic carbocycles. The van der Waals surface area contributed by atoms with E-state index in [1.54, 1.807) is 0 Å². The Kier molecular flexibility index (Phi) is 4.22. The second kappa shape index (κ2) is 6.12. The van der Waals surface area contributed by atoms with Gasteiger partial charge < -0.3 is 0 Å². The number of benzene rings is 2. The molecule has 4 heteroatoms. The Balaban J connectivity index is 1.79. The molecule has 1 atom stereocenters. The molecule has 110 valence electrons. The molecule has 1 fully saturated rings. The van der Waals surface area contributed by atoms with Crippen molar-refractivity contribution in [3.8, 4) is 0 Å².